The molecule has 2 aromatic rings. The van der Waals surface area contributed by atoms with Crippen LogP contribution in [0.5, 0.6) is 5.75 Å². The lowest BCUT2D eigenvalue weighted by atomic mass is 10.1. The molecule has 7 nitrogen and oxygen atoms in total. The van der Waals surface area contributed by atoms with Crippen LogP contribution in [0.1, 0.15) is 16.7 Å². The predicted molar refractivity (Wildman–Crippen MR) is 110 cm³/mol. The molecule has 150 valence electrons. The van der Waals surface area contributed by atoms with E-state index in [0.29, 0.717) is 17.9 Å². The number of nitrogens with zero attached hydrogens (tertiary/aromatic N) is 1. The van der Waals surface area contributed by atoms with Gasteiger partial charge in [-0.05, 0) is 36.8 Å². The summed E-state index contributed by atoms with van der Waals surface area (Å²) in [5.74, 6) is -0.736. The molecule has 29 heavy (non-hydrogen) atoms. The number of amides is 3. The van der Waals surface area contributed by atoms with Gasteiger partial charge in [0.2, 0.25) is 0 Å². The molecule has 0 aromatic heterocycles. The highest BCUT2D eigenvalue weighted by Crippen LogP contribution is 2.27. The molecule has 1 N–H and O–H groups in total. The molecular weight excluding hydrogens is 440 g/mol. The van der Waals surface area contributed by atoms with E-state index in [4.69, 9.17) is 4.74 Å². The van der Waals surface area contributed by atoms with E-state index in [0.717, 1.165) is 20.5 Å². The largest absolute Gasteiger partial charge is 0.488 e. The van der Waals surface area contributed by atoms with Crippen molar-refractivity contribution in [3.05, 3.63) is 69.3 Å². The minimum Gasteiger partial charge on any atom is -0.488 e. The fourth-order valence-electron chi connectivity index (χ4n) is 2.79. The summed E-state index contributed by atoms with van der Waals surface area (Å²) in [6.45, 7) is 1.91. The standard InChI is InChI=1S/C21H19BrN2O5/c1-13-4-3-5-14(8-13)12-29-18-7-6-16(22)9-15(18)10-17-20(26)24(21(27)23-17)11-19(25)28-2/h3-10H,11-12H2,1-2H3,(H,23,27)/b17-10+. The smallest absolute Gasteiger partial charge is 0.329 e. The molecule has 1 aliphatic heterocycles. The number of imide groups is 1. The summed E-state index contributed by atoms with van der Waals surface area (Å²) in [7, 11) is 1.19. The summed E-state index contributed by atoms with van der Waals surface area (Å²) < 4.78 is 11.2. The van der Waals surface area contributed by atoms with Gasteiger partial charge in [0.1, 0.15) is 24.6 Å². The molecule has 0 bridgehead atoms. The molecule has 0 aliphatic carbocycles. The maximum atomic E-state index is 12.5. The van der Waals surface area contributed by atoms with E-state index >= 15 is 0 Å². The van der Waals surface area contributed by atoms with Crippen LogP contribution in [0.3, 0.4) is 0 Å². The van der Waals surface area contributed by atoms with E-state index in [1.165, 1.54) is 13.2 Å². The zero-order valence-corrected chi connectivity index (χ0v) is 17.5. The minimum atomic E-state index is -0.681. The molecule has 1 aliphatic rings. The second-order valence-electron chi connectivity index (χ2n) is 6.42. The van der Waals surface area contributed by atoms with Crippen LogP contribution in [0.4, 0.5) is 4.79 Å². The number of esters is 1. The first-order valence-corrected chi connectivity index (χ1v) is 9.56. The zero-order chi connectivity index (χ0) is 21.0. The van der Waals surface area contributed by atoms with Crippen molar-refractivity contribution in [3.8, 4) is 5.75 Å². The lowest BCUT2D eigenvalue weighted by Crippen LogP contribution is -2.36. The van der Waals surface area contributed by atoms with Crippen LogP contribution in [0.25, 0.3) is 6.08 Å². The molecule has 1 heterocycles. The van der Waals surface area contributed by atoms with Gasteiger partial charge in [-0.3, -0.25) is 9.59 Å². The summed E-state index contributed by atoms with van der Waals surface area (Å²) in [5.41, 5.74) is 2.81. The first-order chi connectivity index (χ1) is 13.9. The maximum Gasteiger partial charge on any atom is 0.329 e. The van der Waals surface area contributed by atoms with Gasteiger partial charge < -0.3 is 14.8 Å². The second-order valence-corrected chi connectivity index (χ2v) is 7.33. The van der Waals surface area contributed by atoms with Crippen molar-refractivity contribution in [2.24, 2.45) is 0 Å². The number of benzene rings is 2. The SMILES string of the molecule is COC(=O)CN1C(=O)N/C(=C/c2cc(Br)ccc2OCc2cccc(C)c2)C1=O. The summed E-state index contributed by atoms with van der Waals surface area (Å²) >= 11 is 3.40. The second kappa shape index (κ2) is 8.91. The molecule has 0 atom stereocenters. The summed E-state index contributed by atoms with van der Waals surface area (Å²) in [4.78, 5) is 36.8. The summed E-state index contributed by atoms with van der Waals surface area (Å²) in [6.07, 6.45) is 1.52. The lowest BCUT2D eigenvalue weighted by Gasteiger charge is -2.11. The molecule has 3 amide bonds. The summed E-state index contributed by atoms with van der Waals surface area (Å²) in [6, 6.07) is 12.7. The number of urea groups is 1. The van der Waals surface area contributed by atoms with Crippen molar-refractivity contribution in [1.29, 1.82) is 0 Å². The van der Waals surface area contributed by atoms with Crippen LogP contribution in [0, 0.1) is 6.92 Å². The fraction of sp³-hybridized carbons (Fsp3) is 0.190. The molecule has 8 heteroatoms. The molecule has 2 aromatic carbocycles. The van der Waals surface area contributed by atoms with E-state index < -0.39 is 24.5 Å². The van der Waals surface area contributed by atoms with Crippen LogP contribution in [-0.4, -0.2) is 36.5 Å². The third kappa shape index (κ3) is 5.03. The molecular formula is C21H19BrN2O5. The maximum absolute atomic E-state index is 12.5. The van der Waals surface area contributed by atoms with E-state index in [9.17, 15) is 14.4 Å². The highest BCUT2D eigenvalue weighted by Gasteiger charge is 2.35. The van der Waals surface area contributed by atoms with Crippen molar-refractivity contribution in [2.45, 2.75) is 13.5 Å². The Morgan fingerprint density at radius 3 is 2.72 bits per heavy atom. The highest BCUT2D eigenvalue weighted by molar-refractivity contribution is 9.10. The van der Waals surface area contributed by atoms with E-state index in [1.54, 1.807) is 12.1 Å². The van der Waals surface area contributed by atoms with Crippen LogP contribution in [-0.2, 0) is 20.9 Å². The Morgan fingerprint density at radius 2 is 2.00 bits per heavy atom. The monoisotopic (exact) mass is 458 g/mol. The molecule has 0 saturated carbocycles. The van der Waals surface area contributed by atoms with E-state index in [2.05, 4.69) is 26.0 Å². The number of methoxy groups -OCH3 is 1. The van der Waals surface area contributed by atoms with Gasteiger partial charge in [0.15, 0.2) is 0 Å². The first kappa shape index (κ1) is 20.6. The molecule has 1 fully saturated rings. The average molecular weight is 459 g/mol. The Bertz CT molecular complexity index is 1000. The van der Waals surface area contributed by atoms with Crippen LogP contribution in [0.15, 0.2) is 52.6 Å². The van der Waals surface area contributed by atoms with Crippen LogP contribution >= 0.6 is 15.9 Å². The third-order valence-electron chi connectivity index (χ3n) is 4.23. The molecule has 0 radical (unpaired) electrons. The van der Waals surface area contributed by atoms with Gasteiger partial charge in [-0.25, -0.2) is 9.69 Å². The average Bonchev–Trinajstić information content (AvgIpc) is 2.94. The third-order valence-corrected chi connectivity index (χ3v) is 4.72. The van der Waals surface area contributed by atoms with Gasteiger partial charge in [0.05, 0.1) is 7.11 Å². The van der Waals surface area contributed by atoms with Crippen molar-refractivity contribution < 1.29 is 23.9 Å². The Labute approximate surface area is 176 Å². The Kier molecular flexibility index (Phi) is 6.33. The van der Waals surface area contributed by atoms with E-state index in [-0.39, 0.29) is 5.70 Å². The topological polar surface area (TPSA) is 84.9 Å². The van der Waals surface area contributed by atoms with Gasteiger partial charge in [0, 0.05) is 10.0 Å². The highest BCUT2D eigenvalue weighted by atomic mass is 79.9. The Hall–Kier alpha value is -3.13. The number of ether oxygens (including phenoxy) is 2. The number of carbonyl (C=O) groups is 3. The number of carbonyl (C=O) groups excluding carboxylic acids is 3. The van der Waals surface area contributed by atoms with Gasteiger partial charge in [-0.1, -0.05) is 45.8 Å². The number of hydrogen-bond donors (Lipinski definition) is 1. The van der Waals surface area contributed by atoms with Crippen molar-refractivity contribution in [3.63, 3.8) is 0 Å². The molecule has 0 unspecified atom stereocenters. The molecule has 0 spiro atoms. The number of aryl methyl sites for hydroxylation is 1. The fourth-order valence-corrected chi connectivity index (χ4v) is 3.17. The molecule has 1 saturated heterocycles. The Morgan fingerprint density at radius 1 is 1.21 bits per heavy atom. The summed E-state index contributed by atoms with van der Waals surface area (Å²) in [5, 5.41) is 2.48. The molecule has 3 rings (SSSR count). The van der Waals surface area contributed by atoms with E-state index in [1.807, 2.05) is 37.3 Å². The number of hydrogen-bond acceptors (Lipinski definition) is 5. The van der Waals surface area contributed by atoms with Crippen molar-refractivity contribution in [1.82, 2.24) is 10.2 Å². The van der Waals surface area contributed by atoms with Crippen LogP contribution in [0.2, 0.25) is 0 Å². The van der Waals surface area contributed by atoms with Crippen LogP contribution < -0.4 is 10.1 Å². The number of halogens is 1. The first-order valence-electron chi connectivity index (χ1n) is 8.76. The van der Waals surface area contributed by atoms with Gasteiger partial charge in [-0.2, -0.15) is 0 Å². The van der Waals surface area contributed by atoms with Crippen molar-refractivity contribution in [2.75, 3.05) is 13.7 Å². The Balaban J connectivity index is 1.83. The number of rotatable bonds is 6. The predicted octanol–water partition coefficient (Wildman–Crippen LogP) is 3.40. The lowest BCUT2D eigenvalue weighted by molar-refractivity contribution is -0.143. The van der Waals surface area contributed by atoms with Gasteiger partial charge in [0.25, 0.3) is 5.91 Å². The zero-order valence-electron chi connectivity index (χ0n) is 15.9. The van der Waals surface area contributed by atoms with Crippen molar-refractivity contribution >= 4 is 39.9 Å². The normalized spacial score (nSPS) is 14.9. The number of nitrogens with one attached hydrogen (secondary N) is 1. The van der Waals surface area contributed by atoms with Gasteiger partial charge >= 0.3 is 12.0 Å². The quantitative estimate of drug-likeness (QED) is 0.407. The minimum absolute atomic E-state index is 0.0532. The van der Waals surface area contributed by atoms with Gasteiger partial charge in [-0.15, -0.1) is 0 Å².